The molecule has 1 saturated carbocycles. The van der Waals surface area contributed by atoms with Crippen LogP contribution in [0.25, 0.3) is 0 Å². The first-order valence-corrected chi connectivity index (χ1v) is 8.06. The number of hydrogen-bond acceptors (Lipinski definition) is 3. The Morgan fingerprint density at radius 2 is 2.00 bits per heavy atom. The molecular formula is C15H19NO3S. The molecule has 3 rings (SSSR count). The van der Waals surface area contributed by atoms with Gasteiger partial charge >= 0.3 is 5.97 Å². The van der Waals surface area contributed by atoms with E-state index in [4.69, 9.17) is 0 Å². The van der Waals surface area contributed by atoms with Gasteiger partial charge in [0, 0.05) is 11.4 Å². The van der Waals surface area contributed by atoms with E-state index >= 15 is 0 Å². The fourth-order valence-electron chi connectivity index (χ4n) is 3.30. The maximum absolute atomic E-state index is 12.2. The number of carboxylic acid groups (broad SMARTS) is 1. The van der Waals surface area contributed by atoms with Gasteiger partial charge in [-0.3, -0.25) is 9.59 Å². The number of rotatable bonds is 4. The van der Waals surface area contributed by atoms with Crippen LogP contribution in [-0.2, 0) is 17.6 Å². The lowest BCUT2D eigenvalue weighted by atomic mass is 9.86. The van der Waals surface area contributed by atoms with Crippen LogP contribution in [0.3, 0.4) is 0 Å². The second-order valence-corrected chi connectivity index (χ2v) is 7.02. The molecule has 0 bridgehead atoms. The third-order valence-corrected chi connectivity index (χ3v) is 5.81. The van der Waals surface area contributed by atoms with Gasteiger partial charge in [-0.1, -0.05) is 12.8 Å². The van der Waals surface area contributed by atoms with E-state index in [1.807, 2.05) is 6.07 Å². The molecule has 2 N–H and O–H groups in total. The summed E-state index contributed by atoms with van der Waals surface area (Å²) >= 11 is 1.56. The Morgan fingerprint density at radius 1 is 1.25 bits per heavy atom. The highest BCUT2D eigenvalue weighted by atomic mass is 32.1. The van der Waals surface area contributed by atoms with Crippen LogP contribution in [-0.4, -0.2) is 23.5 Å². The summed E-state index contributed by atoms with van der Waals surface area (Å²) in [5, 5.41) is 12.2. The van der Waals surface area contributed by atoms with E-state index in [0.29, 0.717) is 12.8 Å². The van der Waals surface area contributed by atoms with E-state index in [-0.39, 0.29) is 12.5 Å². The monoisotopic (exact) mass is 293 g/mol. The van der Waals surface area contributed by atoms with E-state index in [0.717, 1.165) is 30.6 Å². The van der Waals surface area contributed by atoms with E-state index < -0.39 is 11.4 Å². The van der Waals surface area contributed by atoms with E-state index in [1.165, 1.54) is 16.9 Å². The topological polar surface area (TPSA) is 66.4 Å². The van der Waals surface area contributed by atoms with Crippen molar-refractivity contribution in [2.24, 2.45) is 5.41 Å². The number of carboxylic acids is 1. The number of aryl methyl sites for hydroxylation is 2. The summed E-state index contributed by atoms with van der Waals surface area (Å²) in [4.78, 5) is 25.7. The lowest BCUT2D eigenvalue weighted by Crippen LogP contribution is -2.41. The van der Waals surface area contributed by atoms with Crippen LogP contribution >= 0.6 is 11.3 Å². The summed E-state index contributed by atoms with van der Waals surface area (Å²) < 4.78 is 0. The number of amides is 1. The average Bonchev–Trinajstić information content (AvgIpc) is 3.11. The summed E-state index contributed by atoms with van der Waals surface area (Å²) in [5.41, 5.74) is 0.560. The summed E-state index contributed by atoms with van der Waals surface area (Å²) in [5.74, 6) is -0.888. The molecule has 0 atom stereocenters. The third kappa shape index (κ3) is 2.35. The molecule has 0 spiro atoms. The van der Waals surface area contributed by atoms with Crippen molar-refractivity contribution in [2.45, 2.75) is 44.9 Å². The zero-order chi connectivity index (χ0) is 14.2. The second-order valence-electron chi connectivity index (χ2n) is 5.89. The van der Waals surface area contributed by atoms with Crippen molar-refractivity contribution in [3.05, 3.63) is 21.4 Å². The number of carbonyl (C=O) groups excluding carboxylic acids is 1. The molecule has 1 aromatic rings. The smallest absolute Gasteiger partial charge is 0.311 e. The summed E-state index contributed by atoms with van der Waals surface area (Å²) in [6.07, 6.45) is 6.55. The zero-order valence-electron chi connectivity index (χ0n) is 11.4. The molecule has 0 unspecified atom stereocenters. The van der Waals surface area contributed by atoms with Crippen molar-refractivity contribution in [1.29, 1.82) is 0 Å². The minimum atomic E-state index is -0.774. The van der Waals surface area contributed by atoms with Crippen molar-refractivity contribution in [3.8, 4) is 0 Å². The molecule has 20 heavy (non-hydrogen) atoms. The van der Waals surface area contributed by atoms with Gasteiger partial charge in [-0.05, 0) is 43.7 Å². The zero-order valence-corrected chi connectivity index (χ0v) is 12.2. The van der Waals surface area contributed by atoms with Crippen LogP contribution in [0.4, 0.5) is 0 Å². The first-order chi connectivity index (χ1) is 9.61. The van der Waals surface area contributed by atoms with Crippen molar-refractivity contribution in [3.63, 3.8) is 0 Å². The largest absolute Gasteiger partial charge is 0.481 e. The normalized spacial score (nSPS) is 19.8. The molecule has 2 aliphatic carbocycles. The van der Waals surface area contributed by atoms with Gasteiger partial charge < -0.3 is 10.4 Å². The highest BCUT2D eigenvalue weighted by Gasteiger charge is 2.41. The second kappa shape index (κ2) is 5.20. The predicted molar refractivity (Wildman–Crippen MR) is 77.2 cm³/mol. The number of thiophene rings is 1. The molecule has 2 aliphatic rings. The van der Waals surface area contributed by atoms with Crippen molar-refractivity contribution in [2.75, 3.05) is 6.54 Å². The number of hydrogen-bond donors (Lipinski definition) is 2. The number of carbonyl (C=O) groups is 2. The summed E-state index contributed by atoms with van der Waals surface area (Å²) in [6.45, 7) is 0.254. The predicted octanol–water partition coefficient (Wildman–Crippen LogP) is 2.61. The Labute approximate surface area is 122 Å². The standard InChI is InChI=1S/C15H19NO3S/c17-13(12-8-10-4-3-5-11(10)20-12)16-9-15(14(18)19)6-1-2-7-15/h8H,1-7,9H2,(H,16,17)(H,18,19). The van der Waals surface area contributed by atoms with Crippen molar-refractivity contribution >= 4 is 23.2 Å². The molecule has 0 aliphatic heterocycles. The van der Waals surface area contributed by atoms with Crippen LogP contribution in [0.1, 0.15) is 52.2 Å². The quantitative estimate of drug-likeness (QED) is 0.896. The molecule has 0 saturated heterocycles. The first kappa shape index (κ1) is 13.6. The molecule has 1 heterocycles. The van der Waals surface area contributed by atoms with Gasteiger partial charge in [0.2, 0.25) is 0 Å². The minimum absolute atomic E-state index is 0.114. The molecular weight excluding hydrogens is 274 g/mol. The maximum atomic E-state index is 12.2. The fourth-order valence-corrected chi connectivity index (χ4v) is 4.47. The fraction of sp³-hybridized carbons (Fsp3) is 0.600. The number of aliphatic carboxylic acids is 1. The SMILES string of the molecule is O=C(NCC1(C(=O)O)CCCC1)c1cc2c(s1)CCC2. The van der Waals surface area contributed by atoms with Gasteiger partial charge in [-0.2, -0.15) is 0 Å². The molecule has 1 amide bonds. The molecule has 5 heteroatoms. The van der Waals surface area contributed by atoms with Crippen LogP contribution < -0.4 is 5.32 Å². The average molecular weight is 293 g/mol. The molecule has 0 aromatic carbocycles. The third-order valence-electron chi connectivity index (χ3n) is 4.57. The van der Waals surface area contributed by atoms with E-state index in [9.17, 15) is 14.7 Å². The Kier molecular flexibility index (Phi) is 3.54. The molecule has 108 valence electrons. The van der Waals surface area contributed by atoms with Crippen LogP contribution in [0.5, 0.6) is 0 Å². The van der Waals surface area contributed by atoms with Crippen LogP contribution in [0.2, 0.25) is 0 Å². The van der Waals surface area contributed by atoms with Crippen LogP contribution in [0, 0.1) is 5.41 Å². The van der Waals surface area contributed by atoms with E-state index in [1.54, 1.807) is 11.3 Å². The van der Waals surface area contributed by atoms with Crippen LogP contribution in [0.15, 0.2) is 6.07 Å². The van der Waals surface area contributed by atoms with Crippen molar-refractivity contribution < 1.29 is 14.7 Å². The van der Waals surface area contributed by atoms with Gasteiger partial charge in [0.05, 0.1) is 10.3 Å². The van der Waals surface area contributed by atoms with Gasteiger partial charge in [0.15, 0.2) is 0 Å². The number of fused-ring (bicyclic) bond motifs is 1. The lowest BCUT2D eigenvalue weighted by molar-refractivity contribution is -0.148. The summed E-state index contributed by atoms with van der Waals surface area (Å²) in [6, 6.07) is 1.98. The first-order valence-electron chi connectivity index (χ1n) is 7.24. The maximum Gasteiger partial charge on any atom is 0.311 e. The number of nitrogens with one attached hydrogen (secondary N) is 1. The van der Waals surface area contributed by atoms with Gasteiger partial charge in [-0.15, -0.1) is 11.3 Å². The van der Waals surface area contributed by atoms with E-state index in [2.05, 4.69) is 5.32 Å². The van der Waals surface area contributed by atoms with Gasteiger partial charge in [-0.25, -0.2) is 0 Å². The lowest BCUT2D eigenvalue weighted by Gasteiger charge is -2.23. The highest BCUT2D eigenvalue weighted by Crippen LogP contribution is 2.38. The van der Waals surface area contributed by atoms with Crippen molar-refractivity contribution in [1.82, 2.24) is 5.32 Å². The van der Waals surface area contributed by atoms with Gasteiger partial charge in [0.25, 0.3) is 5.91 Å². The summed E-state index contributed by atoms with van der Waals surface area (Å²) in [7, 11) is 0. The molecule has 0 radical (unpaired) electrons. The Hall–Kier alpha value is -1.36. The molecule has 4 nitrogen and oxygen atoms in total. The Morgan fingerprint density at radius 3 is 2.65 bits per heavy atom. The molecule has 1 aromatic heterocycles. The highest BCUT2D eigenvalue weighted by molar-refractivity contribution is 7.14. The Balaban J connectivity index is 1.65. The minimum Gasteiger partial charge on any atom is -0.481 e. The Bertz CT molecular complexity index is 522. The van der Waals surface area contributed by atoms with Gasteiger partial charge in [0.1, 0.15) is 0 Å². The molecule has 1 fully saturated rings.